The van der Waals surface area contributed by atoms with Crippen LogP contribution in [0.3, 0.4) is 0 Å². The number of hydrogen-bond acceptors (Lipinski definition) is 3. The Kier molecular flexibility index (Phi) is 1.87. The fourth-order valence-corrected chi connectivity index (χ4v) is 1.37. The lowest BCUT2D eigenvalue weighted by molar-refractivity contribution is -0.169. The van der Waals surface area contributed by atoms with Gasteiger partial charge in [0.05, 0.1) is 5.41 Å². The van der Waals surface area contributed by atoms with E-state index in [-0.39, 0.29) is 18.2 Å². The molecule has 0 radical (unpaired) electrons. The smallest absolute Gasteiger partial charge is 0.177 e. The normalized spacial score (nSPS) is 27.3. The minimum Gasteiger partial charge on any atom is -0.360 e. The third-order valence-corrected chi connectivity index (χ3v) is 2.38. The van der Waals surface area contributed by atoms with Gasteiger partial charge < -0.3 is 4.74 Å². The molecule has 0 bridgehead atoms. The molecule has 0 aromatic rings. The van der Waals surface area contributed by atoms with E-state index in [0.29, 0.717) is 0 Å². The van der Waals surface area contributed by atoms with E-state index in [0.717, 1.165) is 0 Å². The molecule has 1 fully saturated rings. The highest BCUT2D eigenvalue weighted by Gasteiger charge is 2.48. The Morgan fingerprint density at radius 1 is 1.17 bits per heavy atom. The monoisotopic (exact) mass is 170 g/mol. The second kappa shape index (κ2) is 2.39. The molecule has 1 aliphatic heterocycles. The van der Waals surface area contributed by atoms with Gasteiger partial charge in [-0.1, -0.05) is 0 Å². The summed E-state index contributed by atoms with van der Waals surface area (Å²) in [5, 5.41) is 0. The van der Waals surface area contributed by atoms with Crippen molar-refractivity contribution in [3.05, 3.63) is 0 Å². The van der Waals surface area contributed by atoms with Gasteiger partial charge in [0.2, 0.25) is 0 Å². The maximum absolute atomic E-state index is 11.6. The number of carbonyl (C=O) groups is 2. The lowest BCUT2D eigenvalue weighted by Gasteiger charge is -2.37. The van der Waals surface area contributed by atoms with Crippen LogP contribution in [0.2, 0.25) is 0 Å². The van der Waals surface area contributed by atoms with Crippen molar-refractivity contribution in [1.82, 2.24) is 0 Å². The van der Waals surface area contributed by atoms with Crippen molar-refractivity contribution in [3.63, 3.8) is 0 Å². The third-order valence-electron chi connectivity index (χ3n) is 2.38. The Morgan fingerprint density at radius 3 is 2.08 bits per heavy atom. The first kappa shape index (κ1) is 9.39. The van der Waals surface area contributed by atoms with Gasteiger partial charge in [0.15, 0.2) is 11.6 Å². The number of carbonyl (C=O) groups excluding carboxylic acids is 2. The molecule has 0 aliphatic carbocycles. The highest BCUT2D eigenvalue weighted by atomic mass is 16.5. The van der Waals surface area contributed by atoms with Gasteiger partial charge in [-0.05, 0) is 27.7 Å². The molecule has 3 heteroatoms. The van der Waals surface area contributed by atoms with Crippen LogP contribution in [0.4, 0.5) is 0 Å². The molecular weight excluding hydrogens is 156 g/mol. The molecule has 1 rings (SSSR count). The van der Waals surface area contributed by atoms with Crippen LogP contribution < -0.4 is 0 Å². The average Bonchev–Trinajstić information content (AvgIpc) is 1.96. The molecule has 0 N–H and O–H groups in total. The van der Waals surface area contributed by atoms with Crippen LogP contribution in [0.25, 0.3) is 0 Å². The highest BCUT2D eigenvalue weighted by molar-refractivity contribution is 6.11. The third kappa shape index (κ3) is 1.18. The van der Waals surface area contributed by atoms with Crippen molar-refractivity contribution in [2.45, 2.75) is 33.3 Å². The molecule has 1 aliphatic rings. The Balaban J connectivity index is 3.02. The topological polar surface area (TPSA) is 43.4 Å². The summed E-state index contributed by atoms with van der Waals surface area (Å²) in [5.74, 6) is -0.266. The summed E-state index contributed by atoms with van der Waals surface area (Å²) in [6.07, 6.45) is 0. The molecule has 0 saturated carbocycles. The van der Waals surface area contributed by atoms with Crippen LogP contribution in [0.15, 0.2) is 0 Å². The van der Waals surface area contributed by atoms with Gasteiger partial charge in [0.1, 0.15) is 12.2 Å². The molecule has 0 atom stereocenters. The lowest BCUT2D eigenvalue weighted by atomic mass is 9.75. The fraction of sp³-hybridized carbons (Fsp3) is 0.778. The standard InChI is InChI=1S/C9H14O3/c1-8(2)6(10)5-12-9(3,4)7(8)11/h5H2,1-4H3. The summed E-state index contributed by atoms with van der Waals surface area (Å²) in [4.78, 5) is 22.9. The molecule has 0 amide bonds. The first-order valence-corrected chi connectivity index (χ1v) is 4.00. The average molecular weight is 170 g/mol. The zero-order valence-corrected chi connectivity index (χ0v) is 7.93. The SMILES string of the molecule is CC1(C)OCC(=O)C(C)(C)C1=O. The van der Waals surface area contributed by atoms with Crippen molar-refractivity contribution in [2.24, 2.45) is 5.41 Å². The maximum atomic E-state index is 11.6. The zero-order valence-electron chi connectivity index (χ0n) is 7.93. The summed E-state index contributed by atoms with van der Waals surface area (Å²) in [6, 6.07) is 0. The summed E-state index contributed by atoms with van der Waals surface area (Å²) in [7, 11) is 0. The number of ether oxygens (including phenoxy) is 1. The van der Waals surface area contributed by atoms with E-state index in [2.05, 4.69) is 0 Å². The van der Waals surface area contributed by atoms with Crippen LogP contribution in [0.5, 0.6) is 0 Å². The summed E-state index contributed by atoms with van der Waals surface area (Å²) < 4.78 is 5.13. The summed E-state index contributed by atoms with van der Waals surface area (Å²) in [6.45, 7) is 6.75. The first-order chi connectivity index (χ1) is 5.28. The predicted molar refractivity (Wildman–Crippen MR) is 43.8 cm³/mol. The molecule has 0 spiro atoms. The molecule has 68 valence electrons. The Morgan fingerprint density at radius 2 is 1.67 bits per heavy atom. The number of ketones is 2. The molecule has 1 saturated heterocycles. The lowest BCUT2D eigenvalue weighted by Crippen LogP contribution is -2.54. The van der Waals surface area contributed by atoms with Crippen molar-refractivity contribution >= 4 is 11.6 Å². The molecule has 3 nitrogen and oxygen atoms in total. The maximum Gasteiger partial charge on any atom is 0.177 e. The Bertz CT molecular complexity index is 238. The van der Waals surface area contributed by atoms with Gasteiger partial charge in [-0.25, -0.2) is 0 Å². The van der Waals surface area contributed by atoms with E-state index in [9.17, 15) is 9.59 Å². The van der Waals surface area contributed by atoms with Crippen LogP contribution in [-0.2, 0) is 14.3 Å². The first-order valence-electron chi connectivity index (χ1n) is 4.00. The van der Waals surface area contributed by atoms with E-state index >= 15 is 0 Å². The van der Waals surface area contributed by atoms with Crippen LogP contribution in [0, 0.1) is 5.41 Å². The van der Waals surface area contributed by atoms with Crippen molar-refractivity contribution in [1.29, 1.82) is 0 Å². The molecular formula is C9H14O3. The van der Waals surface area contributed by atoms with Crippen molar-refractivity contribution < 1.29 is 14.3 Å². The van der Waals surface area contributed by atoms with Crippen LogP contribution >= 0.6 is 0 Å². The van der Waals surface area contributed by atoms with Crippen LogP contribution in [0.1, 0.15) is 27.7 Å². The minimum atomic E-state index is -0.873. The minimum absolute atomic E-state index is 0.0474. The molecule has 1 heterocycles. The van der Waals surface area contributed by atoms with Crippen molar-refractivity contribution in [3.8, 4) is 0 Å². The highest BCUT2D eigenvalue weighted by Crippen LogP contribution is 2.31. The van der Waals surface area contributed by atoms with Gasteiger partial charge >= 0.3 is 0 Å². The van der Waals surface area contributed by atoms with Gasteiger partial charge in [0, 0.05) is 0 Å². The Labute approximate surface area is 72.1 Å². The quantitative estimate of drug-likeness (QED) is 0.508. The number of hydrogen-bond donors (Lipinski definition) is 0. The van der Waals surface area contributed by atoms with E-state index in [1.165, 1.54) is 0 Å². The summed E-state index contributed by atoms with van der Waals surface area (Å²) in [5.41, 5.74) is -1.68. The van der Waals surface area contributed by atoms with E-state index < -0.39 is 11.0 Å². The summed E-state index contributed by atoms with van der Waals surface area (Å²) >= 11 is 0. The van der Waals surface area contributed by atoms with E-state index in [1.54, 1.807) is 27.7 Å². The second-order valence-corrected chi connectivity index (χ2v) is 4.18. The van der Waals surface area contributed by atoms with Crippen LogP contribution in [-0.4, -0.2) is 23.8 Å². The second-order valence-electron chi connectivity index (χ2n) is 4.18. The Hall–Kier alpha value is -0.700. The van der Waals surface area contributed by atoms with Gasteiger partial charge in [0.25, 0.3) is 0 Å². The largest absolute Gasteiger partial charge is 0.360 e. The number of Topliss-reactive ketones (excluding diaryl/α,β-unsaturated/α-hetero) is 2. The molecule has 0 aromatic heterocycles. The fourth-order valence-electron chi connectivity index (χ4n) is 1.37. The molecule has 0 aromatic carbocycles. The van der Waals surface area contributed by atoms with E-state index in [1.807, 2.05) is 0 Å². The molecule has 0 unspecified atom stereocenters. The zero-order chi connectivity index (χ0) is 9.57. The van der Waals surface area contributed by atoms with Gasteiger partial charge in [-0.3, -0.25) is 9.59 Å². The number of rotatable bonds is 0. The predicted octanol–water partition coefficient (Wildman–Crippen LogP) is 0.960. The molecule has 12 heavy (non-hydrogen) atoms. The van der Waals surface area contributed by atoms with E-state index in [4.69, 9.17) is 4.74 Å². The van der Waals surface area contributed by atoms with Crippen molar-refractivity contribution in [2.75, 3.05) is 6.61 Å². The van der Waals surface area contributed by atoms with Gasteiger partial charge in [-0.15, -0.1) is 0 Å². The van der Waals surface area contributed by atoms with Gasteiger partial charge in [-0.2, -0.15) is 0 Å².